The highest BCUT2D eigenvalue weighted by molar-refractivity contribution is 7.18. The number of pyridine rings is 1. The van der Waals surface area contributed by atoms with Crippen LogP contribution in [0.2, 0.25) is 0 Å². The molecule has 22 heavy (non-hydrogen) atoms. The number of nitrogens with one attached hydrogen (secondary N) is 1. The molecule has 112 valence electrons. The molecule has 0 amide bonds. The van der Waals surface area contributed by atoms with Gasteiger partial charge in [0.1, 0.15) is 10.7 Å². The summed E-state index contributed by atoms with van der Waals surface area (Å²) in [4.78, 5) is 26.4. The summed E-state index contributed by atoms with van der Waals surface area (Å²) >= 11 is 1.68. The maximum Gasteiger partial charge on any atom is 0.260 e. The van der Waals surface area contributed by atoms with Gasteiger partial charge in [0, 0.05) is 22.8 Å². The van der Waals surface area contributed by atoms with E-state index < -0.39 is 0 Å². The second-order valence-electron chi connectivity index (χ2n) is 6.68. The van der Waals surface area contributed by atoms with Crippen LogP contribution in [0, 0.1) is 5.41 Å². The summed E-state index contributed by atoms with van der Waals surface area (Å²) in [6.07, 6.45) is 6.55. The van der Waals surface area contributed by atoms with Crippen LogP contribution in [0.15, 0.2) is 29.3 Å². The van der Waals surface area contributed by atoms with E-state index in [1.165, 1.54) is 10.4 Å². The van der Waals surface area contributed by atoms with E-state index in [4.69, 9.17) is 4.98 Å². The summed E-state index contributed by atoms with van der Waals surface area (Å²) in [5.74, 6) is 0.623. The van der Waals surface area contributed by atoms with Gasteiger partial charge in [-0.1, -0.05) is 13.8 Å². The van der Waals surface area contributed by atoms with E-state index in [1.54, 1.807) is 23.7 Å². The van der Waals surface area contributed by atoms with Crippen LogP contribution in [0.1, 0.15) is 30.7 Å². The number of thiophene rings is 1. The van der Waals surface area contributed by atoms with Gasteiger partial charge in [-0.3, -0.25) is 9.78 Å². The number of H-pyrrole nitrogens is 1. The Labute approximate surface area is 132 Å². The number of hydrogen-bond donors (Lipinski definition) is 1. The number of fused-ring (bicyclic) bond motifs is 3. The molecule has 1 aliphatic rings. The van der Waals surface area contributed by atoms with Gasteiger partial charge >= 0.3 is 0 Å². The van der Waals surface area contributed by atoms with Crippen molar-refractivity contribution in [2.24, 2.45) is 5.41 Å². The fourth-order valence-electron chi connectivity index (χ4n) is 3.15. The molecule has 4 rings (SSSR count). The van der Waals surface area contributed by atoms with E-state index in [-0.39, 0.29) is 5.56 Å². The van der Waals surface area contributed by atoms with Crippen molar-refractivity contribution in [1.29, 1.82) is 0 Å². The van der Waals surface area contributed by atoms with Gasteiger partial charge in [0.05, 0.1) is 5.39 Å². The quantitative estimate of drug-likeness (QED) is 0.747. The van der Waals surface area contributed by atoms with Crippen molar-refractivity contribution in [1.82, 2.24) is 15.0 Å². The molecule has 0 aromatic carbocycles. The van der Waals surface area contributed by atoms with E-state index in [9.17, 15) is 4.79 Å². The molecule has 0 spiro atoms. The largest absolute Gasteiger partial charge is 0.306 e. The normalized spacial score (nSPS) is 16.6. The zero-order valence-electron chi connectivity index (χ0n) is 12.6. The number of hydrogen-bond acceptors (Lipinski definition) is 4. The van der Waals surface area contributed by atoms with E-state index in [0.717, 1.165) is 35.0 Å². The third-order valence-electron chi connectivity index (χ3n) is 4.39. The minimum absolute atomic E-state index is 0.0194. The molecule has 0 aliphatic heterocycles. The van der Waals surface area contributed by atoms with Crippen LogP contribution in [0.5, 0.6) is 0 Å². The first kappa shape index (κ1) is 13.6. The predicted octanol–water partition coefficient (Wildman–Crippen LogP) is 3.56. The SMILES string of the molecule is CC1(C)CCc2c(sc3nc(-c4ccncc4)[nH]c(=O)c23)C1. The number of aromatic amines is 1. The Morgan fingerprint density at radius 1 is 1.27 bits per heavy atom. The van der Waals surface area contributed by atoms with Gasteiger partial charge < -0.3 is 4.98 Å². The summed E-state index contributed by atoms with van der Waals surface area (Å²) < 4.78 is 0. The molecule has 1 N–H and O–H groups in total. The summed E-state index contributed by atoms with van der Waals surface area (Å²) in [5.41, 5.74) is 2.40. The molecule has 0 bridgehead atoms. The molecular weight excluding hydrogens is 294 g/mol. The minimum atomic E-state index is -0.0194. The molecule has 3 aromatic heterocycles. The van der Waals surface area contributed by atoms with Crippen LogP contribution >= 0.6 is 11.3 Å². The van der Waals surface area contributed by atoms with Crippen molar-refractivity contribution < 1.29 is 0 Å². The van der Waals surface area contributed by atoms with Crippen molar-refractivity contribution >= 4 is 21.6 Å². The van der Waals surface area contributed by atoms with Crippen LogP contribution in [0.25, 0.3) is 21.6 Å². The molecule has 3 heterocycles. The Kier molecular flexibility index (Phi) is 2.94. The minimum Gasteiger partial charge on any atom is -0.306 e. The maximum absolute atomic E-state index is 12.6. The average Bonchev–Trinajstić information content (AvgIpc) is 2.84. The first-order valence-corrected chi connectivity index (χ1v) is 8.30. The second-order valence-corrected chi connectivity index (χ2v) is 7.76. The third kappa shape index (κ3) is 2.16. The molecule has 0 atom stereocenters. The molecule has 0 saturated heterocycles. The molecule has 3 aromatic rings. The molecule has 0 unspecified atom stereocenters. The van der Waals surface area contributed by atoms with Crippen LogP contribution in [-0.2, 0) is 12.8 Å². The number of aryl methyl sites for hydroxylation is 1. The van der Waals surface area contributed by atoms with Crippen molar-refractivity contribution in [2.75, 3.05) is 0 Å². The summed E-state index contributed by atoms with van der Waals surface area (Å²) in [5, 5.41) is 0.799. The third-order valence-corrected chi connectivity index (χ3v) is 5.51. The van der Waals surface area contributed by atoms with Crippen LogP contribution in [-0.4, -0.2) is 15.0 Å². The number of rotatable bonds is 1. The van der Waals surface area contributed by atoms with E-state index in [0.29, 0.717) is 11.2 Å². The highest BCUT2D eigenvalue weighted by Gasteiger charge is 2.29. The Hall–Kier alpha value is -2.01. The summed E-state index contributed by atoms with van der Waals surface area (Å²) in [7, 11) is 0. The average molecular weight is 311 g/mol. The van der Waals surface area contributed by atoms with Gasteiger partial charge in [0.25, 0.3) is 5.56 Å². The lowest BCUT2D eigenvalue weighted by atomic mass is 9.77. The van der Waals surface area contributed by atoms with Crippen molar-refractivity contribution in [2.45, 2.75) is 33.1 Å². The first-order chi connectivity index (χ1) is 10.5. The molecule has 5 heteroatoms. The monoisotopic (exact) mass is 311 g/mol. The van der Waals surface area contributed by atoms with Crippen molar-refractivity contribution in [3.63, 3.8) is 0 Å². The number of aromatic nitrogens is 3. The predicted molar refractivity (Wildman–Crippen MR) is 89.3 cm³/mol. The van der Waals surface area contributed by atoms with Gasteiger partial charge in [-0.05, 0) is 42.4 Å². The highest BCUT2D eigenvalue weighted by Crippen LogP contribution is 2.41. The second kappa shape index (κ2) is 4.74. The van der Waals surface area contributed by atoms with Crippen LogP contribution < -0.4 is 5.56 Å². The van der Waals surface area contributed by atoms with Gasteiger partial charge in [-0.25, -0.2) is 4.98 Å². The molecule has 0 radical (unpaired) electrons. The van der Waals surface area contributed by atoms with Crippen molar-refractivity contribution in [3.05, 3.63) is 45.3 Å². The van der Waals surface area contributed by atoms with Crippen LogP contribution in [0.3, 0.4) is 0 Å². The van der Waals surface area contributed by atoms with Crippen LogP contribution in [0.4, 0.5) is 0 Å². The first-order valence-electron chi connectivity index (χ1n) is 7.48. The maximum atomic E-state index is 12.6. The number of nitrogens with zero attached hydrogens (tertiary/aromatic N) is 2. The lowest BCUT2D eigenvalue weighted by molar-refractivity contribution is 0.320. The Bertz CT molecular complexity index is 909. The van der Waals surface area contributed by atoms with Gasteiger partial charge in [0.15, 0.2) is 0 Å². The Morgan fingerprint density at radius 2 is 2.05 bits per heavy atom. The fraction of sp³-hybridized carbons (Fsp3) is 0.353. The van der Waals surface area contributed by atoms with E-state index in [2.05, 4.69) is 23.8 Å². The highest BCUT2D eigenvalue weighted by atomic mass is 32.1. The van der Waals surface area contributed by atoms with Crippen molar-refractivity contribution in [3.8, 4) is 11.4 Å². The molecule has 1 aliphatic carbocycles. The summed E-state index contributed by atoms with van der Waals surface area (Å²) in [6.45, 7) is 4.58. The molecule has 4 nitrogen and oxygen atoms in total. The topological polar surface area (TPSA) is 58.6 Å². The molecule has 0 fully saturated rings. The fourth-order valence-corrected chi connectivity index (χ4v) is 4.63. The molecule has 0 saturated carbocycles. The van der Waals surface area contributed by atoms with Gasteiger partial charge in [-0.15, -0.1) is 11.3 Å². The summed E-state index contributed by atoms with van der Waals surface area (Å²) in [6, 6.07) is 3.72. The lowest BCUT2D eigenvalue weighted by Crippen LogP contribution is -2.21. The van der Waals surface area contributed by atoms with E-state index >= 15 is 0 Å². The smallest absolute Gasteiger partial charge is 0.260 e. The lowest BCUT2D eigenvalue weighted by Gasteiger charge is -2.29. The zero-order chi connectivity index (χ0) is 15.3. The van der Waals surface area contributed by atoms with Gasteiger partial charge in [0.2, 0.25) is 0 Å². The van der Waals surface area contributed by atoms with E-state index in [1.807, 2.05) is 12.1 Å². The molecular formula is C17H17N3OS. The Balaban J connectivity index is 1.92. The standard InChI is InChI=1S/C17H17N3OS/c1-17(2)6-3-11-12(9-17)22-16-13(11)15(21)19-14(20-16)10-4-7-18-8-5-10/h4-5,7-8H,3,6,9H2,1-2H3,(H,19,20,21). The zero-order valence-corrected chi connectivity index (χ0v) is 13.5. The Morgan fingerprint density at radius 3 is 2.82 bits per heavy atom. The van der Waals surface area contributed by atoms with Gasteiger partial charge in [-0.2, -0.15) is 0 Å².